The molecular weight excluding hydrogens is 334 g/mol. The van der Waals surface area contributed by atoms with Gasteiger partial charge in [-0.15, -0.1) is 0 Å². The Hall–Kier alpha value is -2.36. The highest BCUT2D eigenvalue weighted by atomic mass is 16.2. The van der Waals surface area contributed by atoms with Crippen LogP contribution in [-0.4, -0.2) is 41.0 Å². The van der Waals surface area contributed by atoms with Crippen LogP contribution in [0.5, 0.6) is 0 Å². The third-order valence-electron chi connectivity index (χ3n) is 5.37. The lowest BCUT2D eigenvalue weighted by molar-refractivity contribution is 0.0574. The Labute approximate surface area is 163 Å². The first-order valence-corrected chi connectivity index (χ1v) is 9.76. The van der Waals surface area contributed by atoms with Crippen LogP contribution in [0, 0.1) is 6.92 Å². The van der Waals surface area contributed by atoms with Gasteiger partial charge in [0.15, 0.2) is 0 Å². The summed E-state index contributed by atoms with van der Waals surface area (Å²) in [5.74, 6) is 0.0777. The van der Waals surface area contributed by atoms with Crippen LogP contribution < -0.4 is 4.90 Å². The molecule has 0 radical (unpaired) electrons. The molecule has 0 saturated carbocycles. The van der Waals surface area contributed by atoms with Crippen molar-refractivity contribution in [3.63, 3.8) is 0 Å². The molecule has 2 atom stereocenters. The van der Waals surface area contributed by atoms with Gasteiger partial charge in [-0.05, 0) is 55.5 Å². The molecule has 1 aliphatic rings. The molecule has 0 aliphatic carbocycles. The highest BCUT2D eigenvalue weighted by molar-refractivity contribution is 5.94. The summed E-state index contributed by atoms with van der Waals surface area (Å²) in [5, 5.41) is 0. The number of benzene rings is 1. The molecule has 4 heteroatoms. The maximum atomic E-state index is 13.0. The Morgan fingerprint density at radius 3 is 2.15 bits per heavy atom. The van der Waals surface area contributed by atoms with Crippen LogP contribution in [0.15, 0.2) is 42.7 Å². The van der Waals surface area contributed by atoms with Crippen molar-refractivity contribution in [2.45, 2.75) is 59.0 Å². The lowest BCUT2D eigenvalue weighted by Crippen LogP contribution is -2.58. The number of rotatable bonds is 2. The molecule has 1 aromatic carbocycles. The highest BCUT2D eigenvalue weighted by Gasteiger charge is 2.33. The number of aromatic nitrogens is 1. The van der Waals surface area contributed by atoms with Gasteiger partial charge in [0.2, 0.25) is 0 Å². The lowest BCUT2D eigenvalue weighted by atomic mass is 9.87. The predicted octanol–water partition coefficient (Wildman–Crippen LogP) is 4.43. The Kier molecular flexibility index (Phi) is 5.27. The third-order valence-corrected chi connectivity index (χ3v) is 5.37. The zero-order chi connectivity index (χ0) is 19.8. The molecule has 0 bridgehead atoms. The molecule has 27 heavy (non-hydrogen) atoms. The molecule has 1 amide bonds. The largest absolute Gasteiger partial charge is 0.367 e. The molecule has 2 unspecified atom stereocenters. The Balaban J connectivity index is 1.76. The summed E-state index contributed by atoms with van der Waals surface area (Å²) in [5.41, 5.74) is 4.42. The van der Waals surface area contributed by atoms with E-state index in [9.17, 15) is 4.79 Å². The number of anilines is 1. The van der Waals surface area contributed by atoms with Crippen LogP contribution in [-0.2, 0) is 5.41 Å². The molecular formula is C23H31N3O. The summed E-state index contributed by atoms with van der Waals surface area (Å²) in [6.45, 7) is 14.6. The summed E-state index contributed by atoms with van der Waals surface area (Å²) in [6, 6.07) is 11.1. The van der Waals surface area contributed by atoms with Crippen molar-refractivity contribution in [3.05, 3.63) is 59.4 Å². The number of carbonyl (C=O) groups excluding carboxylic acids is 1. The van der Waals surface area contributed by atoms with Crippen LogP contribution in [0.3, 0.4) is 0 Å². The van der Waals surface area contributed by atoms with Crippen molar-refractivity contribution in [2.75, 3.05) is 18.0 Å². The van der Waals surface area contributed by atoms with Gasteiger partial charge in [-0.25, -0.2) is 0 Å². The van der Waals surface area contributed by atoms with Crippen molar-refractivity contribution in [3.8, 4) is 0 Å². The Bertz CT molecular complexity index is 795. The van der Waals surface area contributed by atoms with Crippen LogP contribution >= 0.6 is 0 Å². The van der Waals surface area contributed by atoms with Crippen LogP contribution in [0.4, 0.5) is 5.69 Å². The molecule has 144 valence electrons. The Morgan fingerprint density at radius 1 is 1.04 bits per heavy atom. The van der Waals surface area contributed by atoms with E-state index in [-0.39, 0.29) is 23.4 Å². The minimum Gasteiger partial charge on any atom is -0.367 e. The number of carbonyl (C=O) groups is 1. The second kappa shape index (κ2) is 7.34. The lowest BCUT2D eigenvalue weighted by Gasteiger charge is -2.45. The minimum atomic E-state index is 0.0777. The number of hydrogen-bond acceptors (Lipinski definition) is 3. The molecule has 1 aliphatic heterocycles. The van der Waals surface area contributed by atoms with Gasteiger partial charge >= 0.3 is 0 Å². The number of amides is 1. The van der Waals surface area contributed by atoms with E-state index in [0.29, 0.717) is 5.56 Å². The van der Waals surface area contributed by atoms with Gasteiger partial charge in [0.05, 0.1) is 5.56 Å². The van der Waals surface area contributed by atoms with E-state index in [1.54, 1.807) is 12.4 Å². The number of pyridine rings is 1. The van der Waals surface area contributed by atoms with Crippen molar-refractivity contribution in [1.29, 1.82) is 0 Å². The molecule has 1 fully saturated rings. The third kappa shape index (κ3) is 4.15. The van der Waals surface area contributed by atoms with Crippen molar-refractivity contribution in [1.82, 2.24) is 9.88 Å². The first kappa shape index (κ1) is 19.4. The topological polar surface area (TPSA) is 36.4 Å². The maximum Gasteiger partial charge on any atom is 0.256 e. The van der Waals surface area contributed by atoms with Crippen LogP contribution in [0.25, 0.3) is 0 Å². The summed E-state index contributed by atoms with van der Waals surface area (Å²) in [7, 11) is 0. The molecule has 2 heterocycles. The SMILES string of the molecule is Cc1cncc(C(=O)N2C(C)CN(c3ccc(C(C)(C)C)cc3)CC2C)c1. The Morgan fingerprint density at radius 2 is 1.63 bits per heavy atom. The second-order valence-corrected chi connectivity index (χ2v) is 8.86. The predicted molar refractivity (Wildman–Crippen MR) is 111 cm³/mol. The van der Waals surface area contributed by atoms with Gasteiger partial charge < -0.3 is 9.80 Å². The number of nitrogens with zero attached hydrogens (tertiary/aromatic N) is 3. The molecule has 4 nitrogen and oxygen atoms in total. The van der Waals surface area contributed by atoms with Crippen molar-refractivity contribution < 1.29 is 4.79 Å². The van der Waals surface area contributed by atoms with Gasteiger partial charge in [-0.3, -0.25) is 9.78 Å². The van der Waals surface area contributed by atoms with Crippen LogP contribution in [0.2, 0.25) is 0 Å². The van der Waals surface area contributed by atoms with Gasteiger partial charge in [0.25, 0.3) is 5.91 Å². The van der Waals surface area contributed by atoms with E-state index in [2.05, 4.69) is 68.8 Å². The number of hydrogen-bond donors (Lipinski definition) is 0. The fraction of sp³-hybridized carbons (Fsp3) is 0.478. The number of piperazine rings is 1. The average Bonchev–Trinajstić information content (AvgIpc) is 2.60. The summed E-state index contributed by atoms with van der Waals surface area (Å²) < 4.78 is 0. The zero-order valence-electron chi connectivity index (χ0n) is 17.4. The van der Waals surface area contributed by atoms with Crippen molar-refractivity contribution >= 4 is 11.6 Å². The highest BCUT2D eigenvalue weighted by Crippen LogP contribution is 2.28. The monoisotopic (exact) mass is 365 g/mol. The molecule has 2 aromatic rings. The molecule has 0 spiro atoms. The molecule has 0 N–H and O–H groups in total. The second-order valence-electron chi connectivity index (χ2n) is 8.86. The van der Waals surface area contributed by atoms with E-state index in [4.69, 9.17) is 0 Å². The van der Waals surface area contributed by atoms with Crippen molar-refractivity contribution in [2.24, 2.45) is 0 Å². The number of aryl methyl sites for hydroxylation is 1. The minimum absolute atomic E-state index is 0.0777. The van der Waals surface area contributed by atoms with E-state index < -0.39 is 0 Å². The quantitative estimate of drug-likeness (QED) is 0.790. The summed E-state index contributed by atoms with van der Waals surface area (Å²) in [4.78, 5) is 21.6. The molecule has 1 aromatic heterocycles. The fourth-order valence-corrected chi connectivity index (χ4v) is 3.93. The van der Waals surface area contributed by atoms with Gasteiger partial charge in [0.1, 0.15) is 0 Å². The summed E-state index contributed by atoms with van der Waals surface area (Å²) >= 11 is 0. The smallest absolute Gasteiger partial charge is 0.256 e. The maximum absolute atomic E-state index is 13.0. The van der Waals surface area contributed by atoms with Gasteiger partial charge in [-0.2, -0.15) is 0 Å². The molecule has 1 saturated heterocycles. The van der Waals surface area contributed by atoms with Gasteiger partial charge in [0, 0.05) is 43.3 Å². The van der Waals surface area contributed by atoms with Gasteiger partial charge in [-0.1, -0.05) is 32.9 Å². The molecule has 3 rings (SSSR count). The fourth-order valence-electron chi connectivity index (χ4n) is 3.93. The van der Waals surface area contributed by atoms with E-state index in [1.807, 2.05) is 17.9 Å². The first-order chi connectivity index (χ1) is 12.7. The van der Waals surface area contributed by atoms with E-state index >= 15 is 0 Å². The normalized spacial score (nSPS) is 20.7. The first-order valence-electron chi connectivity index (χ1n) is 9.76. The van der Waals surface area contributed by atoms with Crippen LogP contribution in [0.1, 0.15) is 56.1 Å². The van der Waals surface area contributed by atoms with E-state index in [1.165, 1.54) is 11.3 Å². The average molecular weight is 366 g/mol. The zero-order valence-corrected chi connectivity index (χ0v) is 17.4. The summed E-state index contributed by atoms with van der Waals surface area (Å²) in [6.07, 6.45) is 3.45. The van der Waals surface area contributed by atoms with E-state index in [0.717, 1.165) is 18.7 Å². The standard InChI is InChI=1S/C23H31N3O/c1-16-11-19(13-24-12-16)22(27)26-17(2)14-25(15-18(26)3)21-9-7-20(8-10-21)23(4,5)6/h7-13,17-18H,14-15H2,1-6H3.